The van der Waals surface area contributed by atoms with Gasteiger partial charge < -0.3 is 5.32 Å². The molecule has 1 aromatic heterocycles. The number of nitrogens with zero attached hydrogens (tertiary/aromatic N) is 3. The Balaban J connectivity index is 1.49. The number of amides is 1. The third-order valence-electron chi connectivity index (χ3n) is 5.45. The third-order valence-corrected chi connectivity index (χ3v) is 8.54. The van der Waals surface area contributed by atoms with Gasteiger partial charge in [0.25, 0.3) is 5.91 Å². The zero-order valence-corrected chi connectivity index (χ0v) is 19.3. The van der Waals surface area contributed by atoms with Crippen LogP contribution >= 0.6 is 11.3 Å². The van der Waals surface area contributed by atoms with Crippen molar-refractivity contribution in [3.05, 3.63) is 69.4 Å². The molecule has 1 saturated heterocycles. The van der Waals surface area contributed by atoms with Crippen molar-refractivity contribution >= 4 is 33.0 Å². The lowest BCUT2D eigenvalue weighted by atomic mass is 10.0. The molecule has 1 aliphatic heterocycles. The van der Waals surface area contributed by atoms with E-state index in [9.17, 15) is 17.6 Å². The van der Waals surface area contributed by atoms with Crippen LogP contribution < -0.4 is 5.32 Å². The SMILES string of the molecule is Cc1ccc(NC(=O)c2nnc(C3CCCN(S(=O)(=O)c4cc(F)ccc4C)C3)s2)cc1. The van der Waals surface area contributed by atoms with E-state index in [0.29, 0.717) is 29.2 Å². The molecular formula is C22H23FN4O3S2. The number of sulfonamides is 1. The number of rotatable bonds is 5. The summed E-state index contributed by atoms with van der Waals surface area (Å²) in [6.45, 7) is 4.18. The van der Waals surface area contributed by atoms with Gasteiger partial charge in [-0.15, -0.1) is 10.2 Å². The Hall–Kier alpha value is -2.69. The van der Waals surface area contributed by atoms with Crippen molar-refractivity contribution in [3.8, 4) is 0 Å². The van der Waals surface area contributed by atoms with Gasteiger partial charge in [-0.1, -0.05) is 35.1 Å². The molecule has 0 spiro atoms. The molecule has 2 heterocycles. The van der Waals surface area contributed by atoms with Crippen LogP contribution in [0.4, 0.5) is 10.1 Å². The number of carbonyl (C=O) groups excluding carboxylic acids is 1. The minimum Gasteiger partial charge on any atom is -0.320 e. The largest absolute Gasteiger partial charge is 0.320 e. The Morgan fingerprint density at radius 3 is 2.66 bits per heavy atom. The molecule has 1 unspecified atom stereocenters. The van der Waals surface area contributed by atoms with Crippen molar-refractivity contribution < 1.29 is 17.6 Å². The molecule has 32 heavy (non-hydrogen) atoms. The molecule has 7 nitrogen and oxygen atoms in total. The first-order valence-electron chi connectivity index (χ1n) is 10.2. The van der Waals surface area contributed by atoms with Crippen molar-refractivity contribution in [2.75, 3.05) is 18.4 Å². The molecule has 1 N–H and O–H groups in total. The summed E-state index contributed by atoms with van der Waals surface area (Å²) in [5.41, 5.74) is 2.25. The summed E-state index contributed by atoms with van der Waals surface area (Å²) in [6, 6.07) is 11.2. The van der Waals surface area contributed by atoms with Crippen molar-refractivity contribution in [3.63, 3.8) is 0 Å². The second-order valence-corrected chi connectivity index (χ2v) is 10.8. The maximum Gasteiger partial charge on any atom is 0.286 e. The van der Waals surface area contributed by atoms with Gasteiger partial charge in [-0.05, 0) is 56.5 Å². The monoisotopic (exact) mass is 474 g/mol. The highest BCUT2D eigenvalue weighted by Gasteiger charge is 2.33. The molecule has 2 aromatic carbocycles. The van der Waals surface area contributed by atoms with Gasteiger partial charge in [-0.25, -0.2) is 12.8 Å². The number of hydrogen-bond donors (Lipinski definition) is 1. The molecule has 1 aliphatic rings. The number of anilines is 1. The van der Waals surface area contributed by atoms with Crippen LogP contribution in [0.3, 0.4) is 0 Å². The predicted molar refractivity (Wildman–Crippen MR) is 121 cm³/mol. The number of hydrogen-bond acceptors (Lipinski definition) is 6. The van der Waals surface area contributed by atoms with Crippen LogP contribution in [0.1, 0.15) is 44.7 Å². The van der Waals surface area contributed by atoms with E-state index in [2.05, 4.69) is 15.5 Å². The van der Waals surface area contributed by atoms with Crippen LogP contribution in [0.15, 0.2) is 47.4 Å². The minimum absolute atomic E-state index is 0.0198. The molecule has 168 valence electrons. The zero-order valence-electron chi connectivity index (χ0n) is 17.7. The lowest BCUT2D eigenvalue weighted by Crippen LogP contribution is -2.39. The molecule has 1 fully saturated rings. The van der Waals surface area contributed by atoms with Gasteiger partial charge in [0.15, 0.2) is 0 Å². The second-order valence-electron chi connectivity index (χ2n) is 7.88. The summed E-state index contributed by atoms with van der Waals surface area (Å²) in [7, 11) is -3.84. The van der Waals surface area contributed by atoms with E-state index in [0.717, 1.165) is 18.1 Å². The van der Waals surface area contributed by atoms with E-state index in [4.69, 9.17) is 0 Å². The Bertz CT molecular complexity index is 1240. The highest BCUT2D eigenvalue weighted by atomic mass is 32.2. The summed E-state index contributed by atoms with van der Waals surface area (Å²) in [5.74, 6) is -1.12. The van der Waals surface area contributed by atoms with Gasteiger partial charge in [0.05, 0.1) is 4.90 Å². The molecule has 3 aromatic rings. The van der Waals surface area contributed by atoms with Gasteiger partial charge in [-0.3, -0.25) is 4.79 Å². The Morgan fingerprint density at radius 2 is 1.91 bits per heavy atom. The first kappa shape index (κ1) is 22.5. The lowest BCUT2D eigenvalue weighted by molar-refractivity contribution is 0.102. The standard InChI is InChI=1S/C22H23FN4O3S2/c1-14-5-9-18(10-6-14)24-20(28)22-26-25-21(31-22)16-4-3-11-27(13-16)32(29,30)19-12-17(23)8-7-15(19)2/h5-10,12,16H,3-4,11,13H2,1-2H3,(H,24,28). The van der Waals surface area contributed by atoms with Crippen molar-refractivity contribution in [2.24, 2.45) is 0 Å². The molecule has 0 aliphatic carbocycles. The maximum absolute atomic E-state index is 13.7. The van der Waals surface area contributed by atoms with Gasteiger partial charge in [0.1, 0.15) is 10.8 Å². The van der Waals surface area contributed by atoms with Crippen LogP contribution in [0.5, 0.6) is 0 Å². The van der Waals surface area contributed by atoms with Crippen LogP contribution in [-0.2, 0) is 10.0 Å². The summed E-state index contributed by atoms with van der Waals surface area (Å²) < 4.78 is 41.4. The maximum atomic E-state index is 13.7. The summed E-state index contributed by atoms with van der Waals surface area (Å²) in [4.78, 5) is 12.5. The van der Waals surface area contributed by atoms with E-state index >= 15 is 0 Å². The fraction of sp³-hybridized carbons (Fsp3) is 0.318. The topological polar surface area (TPSA) is 92.3 Å². The fourth-order valence-corrected chi connectivity index (χ4v) is 6.29. The molecule has 0 radical (unpaired) electrons. The number of benzene rings is 2. The van der Waals surface area contributed by atoms with Crippen molar-refractivity contribution in [1.29, 1.82) is 0 Å². The van der Waals surface area contributed by atoms with E-state index < -0.39 is 15.8 Å². The molecular weight excluding hydrogens is 451 g/mol. The molecule has 4 rings (SSSR count). The van der Waals surface area contributed by atoms with Gasteiger partial charge in [-0.2, -0.15) is 4.31 Å². The van der Waals surface area contributed by atoms with E-state index in [-0.39, 0.29) is 28.3 Å². The van der Waals surface area contributed by atoms with Crippen molar-refractivity contribution in [2.45, 2.75) is 37.5 Å². The highest BCUT2D eigenvalue weighted by molar-refractivity contribution is 7.89. The Morgan fingerprint density at radius 1 is 1.16 bits per heavy atom. The number of halogens is 1. The molecule has 10 heteroatoms. The van der Waals surface area contributed by atoms with E-state index in [1.54, 1.807) is 6.92 Å². The van der Waals surface area contributed by atoms with Gasteiger partial charge >= 0.3 is 0 Å². The first-order chi connectivity index (χ1) is 15.2. The molecule has 1 atom stereocenters. The highest BCUT2D eigenvalue weighted by Crippen LogP contribution is 2.33. The number of piperidine rings is 1. The second kappa shape index (κ2) is 9.05. The number of carbonyl (C=O) groups is 1. The Kier molecular flexibility index (Phi) is 6.36. The predicted octanol–water partition coefficient (Wildman–Crippen LogP) is 4.11. The van der Waals surface area contributed by atoms with Crippen LogP contribution in [0.2, 0.25) is 0 Å². The van der Waals surface area contributed by atoms with Crippen LogP contribution in [-0.4, -0.2) is 41.9 Å². The van der Waals surface area contributed by atoms with Crippen LogP contribution in [0.25, 0.3) is 0 Å². The van der Waals surface area contributed by atoms with Crippen molar-refractivity contribution in [1.82, 2.24) is 14.5 Å². The quantitative estimate of drug-likeness (QED) is 0.601. The zero-order chi connectivity index (χ0) is 22.9. The summed E-state index contributed by atoms with van der Waals surface area (Å²) in [5, 5.41) is 11.8. The molecule has 0 saturated carbocycles. The molecule has 0 bridgehead atoms. The number of aromatic nitrogens is 2. The fourth-order valence-electron chi connectivity index (χ4n) is 3.67. The average Bonchev–Trinajstić information content (AvgIpc) is 3.28. The average molecular weight is 475 g/mol. The molecule has 1 amide bonds. The normalized spacial score (nSPS) is 17.3. The van der Waals surface area contributed by atoms with Gasteiger partial charge in [0, 0.05) is 24.7 Å². The summed E-state index contributed by atoms with van der Waals surface area (Å²) in [6.07, 6.45) is 1.38. The van der Waals surface area contributed by atoms with E-state index in [1.165, 1.54) is 27.8 Å². The number of aryl methyl sites for hydroxylation is 2. The van der Waals surface area contributed by atoms with Crippen LogP contribution in [0, 0.1) is 19.7 Å². The van der Waals surface area contributed by atoms with Gasteiger partial charge in [0.2, 0.25) is 15.0 Å². The first-order valence-corrected chi connectivity index (χ1v) is 12.5. The smallest absolute Gasteiger partial charge is 0.286 e. The third kappa shape index (κ3) is 4.72. The van der Waals surface area contributed by atoms with E-state index in [1.807, 2.05) is 31.2 Å². The summed E-state index contributed by atoms with van der Waals surface area (Å²) >= 11 is 1.17. The minimum atomic E-state index is -3.84. The Labute approximate surface area is 190 Å². The number of nitrogens with one attached hydrogen (secondary N) is 1. The lowest BCUT2D eigenvalue weighted by Gasteiger charge is -2.31.